The Morgan fingerprint density at radius 3 is 2.96 bits per heavy atom. The van der Waals surface area contributed by atoms with Crippen molar-refractivity contribution < 1.29 is 4.74 Å². The van der Waals surface area contributed by atoms with Crippen molar-refractivity contribution in [3.63, 3.8) is 0 Å². The van der Waals surface area contributed by atoms with Crippen molar-refractivity contribution in [2.24, 2.45) is 4.99 Å². The van der Waals surface area contributed by atoms with Gasteiger partial charge in [-0.25, -0.2) is 4.98 Å². The lowest BCUT2D eigenvalue weighted by molar-refractivity contribution is 0.222. The first-order valence-corrected chi connectivity index (χ1v) is 9.11. The number of aryl methyl sites for hydroxylation is 1. The summed E-state index contributed by atoms with van der Waals surface area (Å²) in [6, 6.07) is 8.03. The molecule has 0 amide bonds. The van der Waals surface area contributed by atoms with Gasteiger partial charge in [-0.2, -0.15) is 0 Å². The molecule has 3 aromatic rings. The molecule has 0 aliphatic carbocycles. The summed E-state index contributed by atoms with van der Waals surface area (Å²) in [7, 11) is 1.76. The monoisotopic (exact) mass is 357 g/mol. The molecule has 7 heteroatoms. The van der Waals surface area contributed by atoms with Crippen molar-refractivity contribution in [3.05, 3.63) is 53.3 Å². The number of nitrogens with zero attached hydrogens (tertiary/aromatic N) is 3. The van der Waals surface area contributed by atoms with Crippen LogP contribution in [0, 0.1) is 6.92 Å². The maximum atomic E-state index is 5.97. The number of fused-ring (bicyclic) bond motifs is 1. The standard InChI is InChI=1S/C18H23N5OS/c1-13-6-4-5-7-16(13)24-14(2)10-20-17(19-3)21-11-15-12-23-8-9-25-18(23)22-15/h4-9,12,14H,10-11H2,1-3H3,(H2,19,20,21). The number of ether oxygens (including phenoxy) is 1. The van der Waals surface area contributed by atoms with Gasteiger partial charge in [0.15, 0.2) is 10.9 Å². The summed E-state index contributed by atoms with van der Waals surface area (Å²) < 4.78 is 8.00. The third kappa shape index (κ3) is 4.51. The number of thiazole rings is 1. The van der Waals surface area contributed by atoms with Crippen LogP contribution in [0.25, 0.3) is 4.96 Å². The number of imidazole rings is 1. The van der Waals surface area contributed by atoms with E-state index in [-0.39, 0.29) is 6.10 Å². The van der Waals surface area contributed by atoms with Crippen LogP contribution in [0.1, 0.15) is 18.2 Å². The van der Waals surface area contributed by atoms with Crippen LogP contribution in [-0.2, 0) is 6.54 Å². The predicted molar refractivity (Wildman–Crippen MR) is 103 cm³/mol. The largest absolute Gasteiger partial charge is 0.489 e. The van der Waals surface area contributed by atoms with Crippen LogP contribution in [-0.4, -0.2) is 35.0 Å². The lowest BCUT2D eigenvalue weighted by Gasteiger charge is -2.18. The molecule has 2 heterocycles. The fraction of sp³-hybridized carbons (Fsp3) is 0.333. The molecule has 1 aromatic carbocycles. The highest BCUT2D eigenvalue weighted by atomic mass is 32.1. The topological polar surface area (TPSA) is 63.0 Å². The second kappa shape index (κ2) is 8.02. The average Bonchev–Trinajstić information content (AvgIpc) is 3.18. The normalized spacial score (nSPS) is 13.0. The van der Waals surface area contributed by atoms with Crippen LogP contribution in [0.2, 0.25) is 0 Å². The maximum Gasteiger partial charge on any atom is 0.193 e. The minimum atomic E-state index is 0.0256. The minimum absolute atomic E-state index is 0.0256. The Morgan fingerprint density at radius 2 is 2.20 bits per heavy atom. The van der Waals surface area contributed by atoms with Crippen LogP contribution >= 0.6 is 11.3 Å². The summed E-state index contributed by atoms with van der Waals surface area (Å²) in [5.74, 6) is 1.65. The predicted octanol–water partition coefficient (Wildman–Crippen LogP) is 2.84. The second-order valence-electron chi connectivity index (χ2n) is 5.83. The van der Waals surface area contributed by atoms with Crippen LogP contribution in [0.5, 0.6) is 5.75 Å². The van der Waals surface area contributed by atoms with E-state index in [9.17, 15) is 0 Å². The van der Waals surface area contributed by atoms with Crippen molar-refractivity contribution >= 4 is 22.3 Å². The van der Waals surface area contributed by atoms with E-state index in [4.69, 9.17) is 4.74 Å². The van der Waals surface area contributed by atoms with E-state index in [1.807, 2.05) is 60.3 Å². The molecule has 0 aliphatic heterocycles. The molecule has 25 heavy (non-hydrogen) atoms. The number of hydrogen-bond donors (Lipinski definition) is 2. The number of nitrogens with one attached hydrogen (secondary N) is 2. The summed E-state index contributed by atoms with van der Waals surface area (Å²) >= 11 is 1.63. The van der Waals surface area contributed by atoms with Crippen molar-refractivity contribution in [1.82, 2.24) is 20.0 Å². The first-order chi connectivity index (χ1) is 12.2. The van der Waals surface area contributed by atoms with Crippen molar-refractivity contribution in [2.45, 2.75) is 26.5 Å². The first-order valence-electron chi connectivity index (χ1n) is 8.23. The Balaban J connectivity index is 1.47. The lowest BCUT2D eigenvalue weighted by atomic mass is 10.2. The smallest absolute Gasteiger partial charge is 0.193 e. The molecular formula is C18H23N5OS. The summed E-state index contributed by atoms with van der Waals surface area (Å²) in [6.45, 7) is 5.37. The van der Waals surface area contributed by atoms with E-state index in [0.29, 0.717) is 13.1 Å². The Bertz CT molecular complexity index is 825. The van der Waals surface area contributed by atoms with E-state index >= 15 is 0 Å². The van der Waals surface area contributed by atoms with Crippen molar-refractivity contribution in [1.29, 1.82) is 0 Å². The minimum Gasteiger partial charge on any atom is -0.489 e. The molecule has 0 radical (unpaired) electrons. The fourth-order valence-corrected chi connectivity index (χ4v) is 3.16. The zero-order valence-corrected chi connectivity index (χ0v) is 15.5. The average molecular weight is 357 g/mol. The molecule has 0 fully saturated rings. The SMILES string of the molecule is CN=C(NCc1cn2ccsc2n1)NCC(C)Oc1ccccc1C. The molecule has 3 rings (SSSR count). The summed E-state index contributed by atoms with van der Waals surface area (Å²) in [5.41, 5.74) is 2.12. The van der Waals surface area contributed by atoms with Gasteiger partial charge in [-0.1, -0.05) is 18.2 Å². The first kappa shape index (κ1) is 17.3. The van der Waals surface area contributed by atoms with Crippen LogP contribution in [0.4, 0.5) is 0 Å². The third-order valence-electron chi connectivity index (χ3n) is 3.78. The van der Waals surface area contributed by atoms with E-state index in [1.165, 1.54) is 0 Å². The molecular weight excluding hydrogens is 334 g/mol. The lowest BCUT2D eigenvalue weighted by Crippen LogP contribution is -2.41. The molecule has 0 bridgehead atoms. The van der Waals surface area contributed by atoms with E-state index in [0.717, 1.165) is 27.9 Å². The van der Waals surface area contributed by atoms with Gasteiger partial charge in [0.25, 0.3) is 0 Å². The van der Waals surface area contributed by atoms with Gasteiger partial charge in [0.05, 0.1) is 18.8 Å². The zero-order valence-electron chi connectivity index (χ0n) is 14.7. The molecule has 6 nitrogen and oxygen atoms in total. The Hall–Kier alpha value is -2.54. The molecule has 2 aromatic heterocycles. The summed E-state index contributed by atoms with van der Waals surface area (Å²) in [5, 5.41) is 8.59. The van der Waals surface area contributed by atoms with Gasteiger partial charge in [-0.15, -0.1) is 11.3 Å². The molecule has 0 saturated heterocycles. The third-order valence-corrected chi connectivity index (χ3v) is 4.55. The zero-order chi connectivity index (χ0) is 17.6. The van der Waals surface area contributed by atoms with E-state index < -0.39 is 0 Å². The summed E-state index contributed by atoms with van der Waals surface area (Å²) in [4.78, 5) is 9.80. The molecule has 1 atom stereocenters. The number of para-hydroxylation sites is 1. The molecule has 2 N–H and O–H groups in total. The van der Waals surface area contributed by atoms with Crippen LogP contribution < -0.4 is 15.4 Å². The highest BCUT2D eigenvalue weighted by Crippen LogP contribution is 2.17. The molecule has 132 valence electrons. The van der Waals surface area contributed by atoms with Gasteiger partial charge >= 0.3 is 0 Å². The van der Waals surface area contributed by atoms with Crippen molar-refractivity contribution in [2.75, 3.05) is 13.6 Å². The molecule has 0 saturated carbocycles. The van der Waals surface area contributed by atoms with E-state index in [2.05, 4.69) is 20.6 Å². The van der Waals surface area contributed by atoms with Gasteiger partial charge < -0.3 is 15.4 Å². The highest BCUT2D eigenvalue weighted by molar-refractivity contribution is 7.15. The van der Waals surface area contributed by atoms with Gasteiger partial charge in [0.1, 0.15) is 11.9 Å². The highest BCUT2D eigenvalue weighted by Gasteiger charge is 2.08. The number of hydrogen-bond acceptors (Lipinski definition) is 4. The van der Waals surface area contributed by atoms with Crippen LogP contribution in [0.15, 0.2) is 47.0 Å². The number of benzene rings is 1. The van der Waals surface area contributed by atoms with Gasteiger partial charge in [-0.3, -0.25) is 9.39 Å². The number of rotatable bonds is 6. The summed E-state index contributed by atoms with van der Waals surface area (Å²) in [6.07, 6.45) is 4.06. The second-order valence-corrected chi connectivity index (χ2v) is 6.70. The molecule has 0 spiro atoms. The van der Waals surface area contributed by atoms with E-state index in [1.54, 1.807) is 18.4 Å². The molecule has 0 aliphatic rings. The fourth-order valence-electron chi connectivity index (χ4n) is 2.44. The number of aliphatic imine (C=N–C) groups is 1. The molecule has 1 unspecified atom stereocenters. The Morgan fingerprint density at radius 1 is 1.36 bits per heavy atom. The number of aromatic nitrogens is 2. The van der Waals surface area contributed by atoms with Gasteiger partial charge in [0, 0.05) is 24.8 Å². The van der Waals surface area contributed by atoms with Gasteiger partial charge in [0.2, 0.25) is 0 Å². The van der Waals surface area contributed by atoms with Gasteiger partial charge in [-0.05, 0) is 25.5 Å². The quantitative estimate of drug-likeness (QED) is 0.526. The maximum absolute atomic E-state index is 5.97. The van der Waals surface area contributed by atoms with Crippen LogP contribution in [0.3, 0.4) is 0 Å². The number of guanidine groups is 1. The van der Waals surface area contributed by atoms with Crippen molar-refractivity contribution in [3.8, 4) is 5.75 Å². The Labute approximate surface area is 151 Å². The Kier molecular flexibility index (Phi) is 5.55.